The first-order valence-electron chi connectivity index (χ1n) is 19.5. The van der Waals surface area contributed by atoms with Crippen molar-refractivity contribution >= 4 is 109 Å². The Morgan fingerprint density at radius 3 is 2.07 bits per heavy atom. The summed E-state index contributed by atoms with van der Waals surface area (Å²) < 4.78 is 5.31. The lowest BCUT2D eigenvalue weighted by Gasteiger charge is -2.50. The second-order valence-electron chi connectivity index (χ2n) is 16.0. The zero-order valence-electron chi connectivity index (χ0n) is 30.9. The average Bonchev–Trinajstić information content (AvgIpc) is 3.82. The molecule has 0 radical (unpaired) electrons. The standard InChI is InChI=1S/C51H33BN2S2/c1-51(2)36-19-8-9-22-39(36)53-42-29-45-46(35-17-7-11-25-44(35)55-45)47-34-27-26-31(30-14-4-3-5-15-30)28-41(34)54(52(48(42)47)38-21-13-20-37(51)49(38)53)40-23-12-18-33-32-16-6-10-24-43(32)56-50(33)40/h3-29H,1-2H3. The minimum absolute atomic E-state index is 0.0651. The topological polar surface area (TPSA) is 6.48 Å². The highest BCUT2D eigenvalue weighted by atomic mass is 32.1. The Balaban J connectivity index is 1.24. The van der Waals surface area contributed by atoms with Crippen molar-refractivity contribution in [2.75, 3.05) is 9.71 Å². The van der Waals surface area contributed by atoms with Gasteiger partial charge in [-0.05, 0) is 75.1 Å². The van der Waals surface area contributed by atoms with Gasteiger partial charge in [-0.1, -0.05) is 141 Å². The van der Waals surface area contributed by atoms with Crippen LogP contribution >= 0.6 is 22.7 Å². The molecule has 262 valence electrons. The number of para-hydroxylation sites is 2. The first-order valence-corrected chi connectivity index (χ1v) is 21.1. The van der Waals surface area contributed by atoms with Crippen molar-refractivity contribution in [3.8, 4) is 22.3 Å². The third-order valence-corrected chi connectivity index (χ3v) is 15.1. The van der Waals surface area contributed by atoms with Crippen LogP contribution in [0.5, 0.6) is 0 Å². The Kier molecular flexibility index (Phi) is 6.11. The van der Waals surface area contributed by atoms with Gasteiger partial charge in [0, 0.05) is 69.4 Å². The third kappa shape index (κ3) is 3.92. The molecule has 0 spiro atoms. The van der Waals surface area contributed by atoms with Gasteiger partial charge < -0.3 is 9.71 Å². The van der Waals surface area contributed by atoms with Crippen molar-refractivity contribution in [1.29, 1.82) is 0 Å². The van der Waals surface area contributed by atoms with Crippen molar-refractivity contribution in [1.82, 2.24) is 0 Å². The number of hydrogen-bond acceptors (Lipinski definition) is 4. The molecule has 56 heavy (non-hydrogen) atoms. The molecular weight excluding hydrogens is 716 g/mol. The zero-order chi connectivity index (χ0) is 36.9. The summed E-state index contributed by atoms with van der Waals surface area (Å²) in [5.41, 5.74) is 16.8. The highest BCUT2D eigenvalue weighted by molar-refractivity contribution is 7.27. The van der Waals surface area contributed by atoms with Gasteiger partial charge in [-0.3, -0.25) is 0 Å². The molecule has 5 heterocycles. The highest BCUT2D eigenvalue weighted by Crippen LogP contribution is 2.57. The molecule has 0 atom stereocenters. The van der Waals surface area contributed by atoms with Crippen LogP contribution in [-0.2, 0) is 5.41 Å². The quantitative estimate of drug-likeness (QED) is 0.162. The molecule has 0 unspecified atom stereocenters. The predicted octanol–water partition coefficient (Wildman–Crippen LogP) is 13.4. The van der Waals surface area contributed by atoms with Crippen molar-refractivity contribution < 1.29 is 0 Å². The van der Waals surface area contributed by atoms with Crippen LogP contribution in [0.25, 0.3) is 62.6 Å². The number of benzene rings is 8. The summed E-state index contributed by atoms with van der Waals surface area (Å²) in [6, 6.07) is 61.8. The Morgan fingerprint density at radius 1 is 0.500 bits per heavy atom. The van der Waals surface area contributed by atoms with Gasteiger partial charge in [-0.2, -0.15) is 0 Å². The summed E-state index contributed by atoms with van der Waals surface area (Å²) in [5.74, 6) is 0. The summed E-state index contributed by atoms with van der Waals surface area (Å²) in [6.07, 6.45) is 0. The third-order valence-electron chi connectivity index (χ3n) is 12.8. The fourth-order valence-electron chi connectivity index (χ4n) is 10.4. The van der Waals surface area contributed by atoms with E-state index in [2.05, 4.69) is 187 Å². The van der Waals surface area contributed by atoms with E-state index in [-0.39, 0.29) is 12.3 Å². The van der Waals surface area contributed by atoms with Crippen molar-refractivity contribution in [3.63, 3.8) is 0 Å². The van der Waals surface area contributed by atoms with E-state index in [1.807, 2.05) is 22.7 Å². The second-order valence-corrected chi connectivity index (χ2v) is 18.1. The summed E-state index contributed by atoms with van der Waals surface area (Å²) in [5, 5.41) is 5.34. The predicted molar refractivity (Wildman–Crippen MR) is 244 cm³/mol. The van der Waals surface area contributed by atoms with Crippen LogP contribution in [0.3, 0.4) is 0 Å². The number of thiophene rings is 2. The molecule has 2 aromatic heterocycles. The Labute approximate surface area is 333 Å². The SMILES string of the molecule is CC1(C)c2ccccc2N2c3cc4sc5ccccc5c4c4c3B(c3cccc1c32)N(c1cccc2c1sc1ccccc12)c1cc(-c2ccccc2)ccc1-4. The van der Waals surface area contributed by atoms with Gasteiger partial charge in [0.05, 0.1) is 10.4 Å². The van der Waals surface area contributed by atoms with Crippen LogP contribution in [0, 0.1) is 0 Å². The van der Waals surface area contributed by atoms with Crippen LogP contribution in [0.15, 0.2) is 164 Å². The summed E-state index contributed by atoms with van der Waals surface area (Å²) >= 11 is 3.84. The minimum atomic E-state index is -0.177. The zero-order valence-corrected chi connectivity index (χ0v) is 32.5. The van der Waals surface area contributed by atoms with E-state index in [4.69, 9.17) is 0 Å². The van der Waals surface area contributed by atoms with Crippen molar-refractivity contribution in [3.05, 3.63) is 175 Å². The smallest absolute Gasteiger partial charge is 0.333 e. The molecule has 0 fully saturated rings. The van der Waals surface area contributed by atoms with E-state index in [0.717, 1.165) is 0 Å². The molecule has 3 aliphatic rings. The molecule has 2 nitrogen and oxygen atoms in total. The molecule has 8 aromatic carbocycles. The Hall–Kier alpha value is -6.14. The maximum absolute atomic E-state index is 2.73. The lowest BCUT2D eigenvalue weighted by Crippen LogP contribution is -2.62. The van der Waals surface area contributed by atoms with Crippen molar-refractivity contribution in [2.24, 2.45) is 0 Å². The summed E-state index contributed by atoms with van der Waals surface area (Å²) in [6.45, 7) is 4.75. The maximum atomic E-state index is 2.73. The lowest BCUT2D eigenvalue weighted by molar-refractivity contribution is 0.632. The molecule has 10 aromatic rings. The minimum Gasteiger partial charge on any atom is -0.375 e. The van der Waals surface area contributed by atoms with E-state index < -0.39 is 0 Å². The van der Waals surface area contributed by atoms with E-state index in [9.17, 15) is 0 Å². The largest absolute Gasteiger partial charge is 0.375 e. The molecule has 0 aliphatic carbocycles. The molecule has 0 amide bonds. The normalized spacial score (nSPS) is 14.6. The molecule has 0 saturated heterocycles. The molecule has 13 rings (SSSR count). The Bertz CT molecular complexity index is 3320. The fraction of sp³-hybridized carbons (Fsp3) is 0.0588. The van der Waals surface area contributed by atoms with Crippen LogP contribution in [0.2, 0.25) is 0 Å². The van der Waals surface area contributed by atoms with Gasteiger partial charge in [0.1, 0.15) is 0 Å². The first kappa shape index (κ1) is 31.1. The van der Waals surface area contributed by atoms with E-state index in [1.54, 1.807) is 0 Å². The molecule has 3 aliphatic heterocycles. The second kappa shape index (κ2) is 11.0. The highest BCUT2D eigenvalue weighted by Gasteiger charge is 2.50. The van der Waals surface area contributed by atoms with E-state index in [0.29, 0.717) is 0 Å². The fourth-order valence-corrected chi connectivity index (χ4v) is 12.7. The van der Waals surface area contributed by atoms with Crippen molar-refractivity contribution in [2.45, 2.75) is 19.3 Å². The van der Waals surface area contributed by atoms with Crippen LogP contribution in [0.4, 0.5) is 28.4 Å². The Morgan fingerprint density at radius 2 is 1.20 bits per heavy atom. The molecular formula is C51H33BN2S2. The van der Waals surface area contributed by atoms with Gasteiger partial charge in [0.25, 0.3) is 0 Å². The summed E-state index contributed by atoms with van der Waals surface area (Å²) in [4.78, 5) is 5.36. The van der Waals surface area contributed by atoms with E-state index in [1.165, 1.54) is 113 Å². The average molecular weight is 749 g/mol. The number of nitrogens with zero attached hydrogens (tertiary/aromatic N) is 2. The molecule has 5 heteroatoms. The van der Waals surface area contributed by atoms with Gasteiger partial charge in [0.15, 0.2) is 0 Å². The van der Waals surface area contributed by atoms with Gasteiger partial charge in [-0.25, -0.2) is 0 Å². The monoisotopic (exact) mass is 748 g/mol. The number of hydrogen-bond donors (Lipinski definition) is 0. The molecule has 0 bridgehead atoms. The van der Waals surface area contributed by atoms with Crippen LogP contribution in [0.1, 0.15) is 25.0 Å². The maximum Gasteiger partial charge on any atom is 0.333 e. The number of fused-ring (bicyclic) bond motifs is 13. The lowest BCUT2D eigenvalue weighted by atomic mass is 9.42. The van der Waals surface area contributed by atoms with E-state index >= 15 is 0 Å². The molecule has 0 saturated carbocycles. The first-order chi connectivity index (χ1) is 27.6. The number of anilines is 5. The van der Waals surface area contributed by atoms with Gasteiger partial charge >= 0.3 is 6.85 Å². The number of rotatable bonds is 2. The summed E-state index contributed by atoms with van der Waals surface area (Å²) in [7, 11) is 0. The van der Waals surface area contributed by atoms with Gasteiger partial charge in [-0.15, -0.1) is 22.7 Å². The van der Waals surface area contributed by atoms with Gasteiger partial charge in [0.2, 0.25) is 0 Å². The molecule has 0 N–H and O–H groups in total. The van der Waals surface area contributed by atoms with Crippen LogP contribution in [-0.4, -0.2) is 6.85 Å². The van der Waals surface area contributed by atoms with Crippen LogP contribution < -0.4 is 20.6 Å².